The van der Waals surface area contributed by atoms with Crippen LogP contribution in [-0.2, 0) is 11.2 Å². The molecule has 1 aliphatic carbocycles. The van der Waals surface area contributed by atoms with E-state index in [1.54, 1.807) is 12.1 Å². The molecule has 0 unspecified atom stereocenters. The van der Waals surface area contributed by atoms with Crippen molar-refractivity contribution in [3.05, 3.63) is 47.7 Å². The molecule has 3 rings (SSSR count). The molecule has 1 N–H and O–H groups in total. The monoisotopic (exact) mass is 283 g/mol. The van der Waals surface area contributed by atoms with Crippen LogP contribution in [0.2, 0.25) is 0 Å². The highest BCUT2D eigenvalue weighted by atomic mass is 16.3. The Balaban J connectivity index is 1.58. The summed E-state index contributed by atoms with van der Waals surface area (Å²) in [4.78, 5) is 22.2. The second-order valence-electron chi connectivity index (χ2n) is 5.36. The van der Waals surface area contributed by atoms with Gasteiger partial charge < -0.3 is 9.73 Å². The standard InChI is InChI=1S/C17H17NO3/c19-11-15-8-9-16(21-15)13-4-1-12(2-5-13)3-10-17(20)18-14-6-7-14/h1-2,4-5,8-9,11,14H,3,6-7,10H2,(H,18,20). The molecule has 2 aromatic rings. The largest absolute Gasteiger partial charge is 0.453 e. The number of benzene rings is 1. The highest BCUT2D eigenvalue weighted by Crippen LogP contribution is 2.22. The van der Waals surface area contributed by atoms with Crippen LogP contribution in [0.3, 0.4) is 0 Å². The zero-order valence-electron chi connectivity index (χ0n) is 11.7. The third-order valence-electron chi connectivity index (χ3n) is 3.56. The number of amides is 1. The molecule has 1 amide bonds. The maximum Gasteiger partial charge on any atom is 0.220 e. The minimum absolute atomic E-state index is 0.128. The number of nitrogens with one attached hydrogen (secondary N) is 1. The molecule has 0 aliphatic heterocycles. The molecule has 108 valence electrons. The number of rotatable bonds is 6. The van der Waals surface area contributed by atoms with Gasteiger partial charge in [-0.2, -0.15) is 0 Å². The summed E-state index contributed by atoms with van der Waals surface area (Å²) >= 11 is 0. The van der Waals surface area contributed by atoms with E-state index in [0.29, 0.717) is 30.3 Å². The first kappa shape index (κ1) is 13.6. The third-order valence-corrected chi connectivity index (χ3v) is 3.56. The van der Waals surface area contributed by atoms with Gasteiger partial charge in [0.25, 0.3) is 0 Å². The molecule has 1 saturated carbocycles. The van der Waals surface area contributed by atoms with Gasteiger partial charge in [0.2, 0.25) is 5.91 Å². The van der Waals surface area contributed by atoms with Crippen LogP contribution in [0.25, 0.3) is 11.3 Å². The van der Waals surface area contributed by atoms with E-state index in [-0.39, 0.29) is 5.91 Å². The lowest BCUT2D eigenvalue weighted by Crippen LogP contribution is -2.25. The second kappa shape index (κ2) is 5.95. The molecule has 1 aromatic heterocycles. The van der Waals surface area contributed by atoms with Crippen molar-refractivity contribution in [1.29, 1.82) is 0 Å². The summed E-state index contributed by atoms with van der Waals surface area (Å²) < 4.78 is 5.38. The average molecular weight is 283 g/mol. The van der Waals surface area contributed by atoms with Crippen LogP contribution in [0.5, 0.6) is 0 Å². The van der Waals surface area contributed by atoms with Crippen LogP contribution in [-0.4, -0.2) is 18.2 Å². The van der Waals surface area contributed by atoms with Gasteiger partial charge in [-0.05, 0) is 37.0 Å². The normalized spacial score (nSPS) is 13.9. The molecule has 21 heavy (non-hydrogen) atoms. The molecule has 0 spiro atoms. The summed E-state index contributed by atoms with van der Waals surface area (Å²) in [5.74, 6) is 1.13. The Hall–Kier alpha value is -2.36. The summed E-state index contributed by atoms with van der Waals surface area (Å²) in [5.41, 5.74) is 2.04. The maximum atomic E-state index is 11.6. The fraction of sp³-hybridized carbons (Fsp3) is 0.294. The van der Waals surface area contributed by atoms with E-state index >= 15 is 0 Å². The van der Waals surface area contributed by atoms with E-state index < -0.39 is 0 Å². The minimum Gasteiger partial charge on any atom is -0.453 e. The van der Waals surface area contributed by atoms with Crippen molar-refractivity contribution >= 4 is 12.2 Å². The van der Waals surface area contributed by atoms with Gasteiger partial charge in [0.15, 0.2) is 12.0 Å². The van der Waals surface area contributed by atoms with Gasteiger partial charge in [0, 0.05) is 18.0 Å². The number of furan rings is 1. The molecule has 4 nitrogen and oxygen atoms in total. The van der Waals surface area contributed by atoms with Crippen LogP contribution in [0.4, 0.5) is 0 Å². The Morgan fingerprint density at radius 2 is 1.95 bits per heavy atom. The van der Waals surface area contributed by atoms with Crippen molar-refractivity contribution in [2.45, 2.75) is 31.7 Å². The van der Waals surface area contributed by atoms with Crippen LogP contribution >= 0.6 is 0 Å². The molecule has 1 aromatic carbocycles. The molecule has 0 bridgehead atoms. The molecule has 1 fully saturated rings. The summed E-state index contributed by atoms with van der Waals surface area (Å²) in [5, 5.41) is 2.98. The Labute approximate surface area is 123 Å². The maximum absolute atomic E-state index is 11.6. The minimum atomic E-state index is 0.128. The van der Waals surface area contributed by atoms with Gasteiger partial charge in [-0.3, -0.25) is 9.59 Å². The van der Waals surface area contributed by atoms with E-state index in [1.165, 1.54) is 0 Å². The summed E-state index contributed by atoms with van der Waals surface area (Å²) in [6.07, 6.45) is 4.18. The van der Waals surface area contributed by atoms with Crippen molar-refractivity contribution in [3.8, 4) is 11.3 Å². The third kappa shape index (κ3) is 3.60. The lowest BCUT2D eigenvalue weighted by atomic mass is 10.1. The molecule has 1 heterocycles. The predicted molar refractivity (Wildman–Crippen MR) is 79.0 cm³/mol. The van der Waals surface area contributed by atoms with Gasteiger partial charge in [0.05, 0.1) is 0 Å². The molecule has 1 aliphatic rings. The SMILES string of the molecule is O=Cc1ccc(-c2ccc(CCC(=O)NC3CC3)cc2)o1. The molecule has 0 atom stereocenters. The van der Waals surface area contributed by atoms with Crippen LogP contribution in [0, 0.1) is 0 Å². The first-order valence-corrected chi connectivity index (χ1v) is 7.18. The fourth-order valence-electron chi connectivity index (χ4n) is 2.19. The Morgan fingerprint density at radius 1 is 1.19 bits per heavy atom. The highest BCUT2D eigenvalue weighted by molar-refractivity contribution is 5.77. The van der Waals surface area contributed by atoms with Crippen LogP contribution in [0.15, 0.2) is 40.8 Å². The van der Waals surface area contributed by atoms with Crippen LogP contribution in [0.1, 0.15) is 35.4 Å². The van der Waals surface area contributed by atoms with Crippen molar-refractivity contribution in [3.63, 3.8) is 0 Å². The molecular weight excluding hydrogens is 266 g/mol. The summed E-state index contributed by atoms with van der Waals surface area (Å²) in [6, 6.07) is 11.7. The number of hydrogen-bond donors (Lipinski definition) is 1. The second-order valence-corrected chi connectivity index (χ2v) is 5.36. The van der Waals surface area contributed by atoms with Crippen molar-refractivity contribution in [2.75, 3.05) is 0 Å². The van der Waals surface area contributed by atoms with Gasteiger partial charge in [-0.15, -0.1) is 0 Å². The first-order valence-electron chi connectivity index (χ1n) is 7.18. The van der Waals surface area contributed by atoms with Crippen molar-refractivity contribution < 1.29 is 14.0 Å². The number of hydrogen-bond acceptors (Lipinski definition) is 3. The smallest absolute Gasteiger partial charge is 0.220 e. The number of carbonyl (C=O) groups is 2. The zero-order valence-corrected chi connectivity index (χ0v) is 11.7. The lowest BCUT2D eigenvalue weighted by molar-refractivity contribution is -0.121. The van der Waals surface area contributed by atoms with E-state index in [9.17, 15) is 9.59 Å². The lowest BCUT2D eigenvalue weighted by Gasteiger charge is -2.04. The average Bonchev–Trinajstić information content (AvgIpc) is 3.18. The zero-order chi connectivity index (χ0) is 14.7. The van der Waals surface area contributed by atoms with Gasteiger partial charge in [-0.1, -0.05) is 24.3 Å². The summed E-state index contributed by atoms with van der Waals surface area (Å²) in [6.45, 7) is 0. The molecule has 0 saturated heterocycles. The van der Waals surface area contributed by atoms with E-state index in [4.69, 9.17) is 4.42 Å². The van der Waals surface area contributed by atoms with E-state index in [0.717, 1.165) is 30.4 Å². The predicted octanol–water partition coefficient (Wildman–Crippen LogP) is 2.97. The van der Waals surface area contributed by atoms with Crippen molar-refractivity contribution in [1.82, 2.24) is 5.32 Å². The Morgan fingerprint density at radius 3 is 2.57 bits per heavy atom. The molecular formula is C17H17NO3. The molecule has 4 heteroatoms. The first-order chi connectivity index (χ1) is 10.2. The number of aldehydes is 1. The van der Waals surface area contributed by atoms with Crippen molar-refractivity contribution in [2.24, 2.45) is 0 Å². The van der Waals surface area contributed by atoms with Gasteiger partial charge in [-0.25, -0.2) is 0 Å². The van der Waals surface area contributed by atoms with E-state index in [2.05, 4.69) is 5.32 Å². The Bertz CT molecular complexity index is 638. The molecule has 0 radical (unpaired) electrons. The quantitative estimate of drug-likeness (QED) is 0.829. The topological polar surface area (TPSA) is 59.3 Å². The number of aryl methyl sites for hydroxylation is 1. The van der Waals surface area contributed by atoms with Crippen LogP contribution < -0.4 is 5.32 Å². The highest BCUT2D eigenvalue weighted by Gasteiger charge is 2.22. The Kier molecular flexibility index (Phi) is 3.86. The van der Waals surface area contributed by atoms with E-state index in [1.807, 2.05) is 24.3 Å². The van der Waals surface area contributed by atoms with Gasteiger partial charge >= 0.3 is 0 Å². The fourth-order valence-corrected chi connectivity index (χ4v) is 2.19. The number of carbonyl (C=O) groups excluding carboxylic acids is 2. The van der Waals surface area contributed by atoms with Gasteiger partial charge in [0.1, 0.15) is 5.76 Å². The summed E-state index contributed by atoms with van der Waals surface area (Å²) in [7, 11) is 0.